The normalized spacial score (nSPS) is 12.8. The molecule has 1 aromatic carbocycles. The Balaban J connectivity index is 2.62. The highest BCUT2D eigenvalue weighted by atomic mass is 31.2. The van der Waals surface area contributed by atoms with Gasteiger partial charge in [-0.25, -0.2) is 4.57 Å². The largest absolute Gasteiger partial charge is 0.524 e. The lowest BCUT2D eigenvalue weighted by atomic mass is 10.1. The molecule has 106 valence electrons. The fourth-order valence-corrected chi connectivity index (χ4v) is 1.81. The van der Waals surface area contributed by atoms with Crippen LogP contribution in [0.3, 0.4) is 0 Å². The maximum Gasteiger partial charge on any atom is 0.524 e. The molecule has 0 amide bonds. The minimum atomic E-state index is -4.55. The van der Waals surface area contributed by atoms with Gasteiger partial charge in [0.15, 0.2) is 0 Å². The van der Waals surface area contributed by atoms with Crippen LogP contribution in [-0.4, -0.2) is 28.4 Å². The van der Waals surface area contributed by atoms with Gasteiger partial charge in [0.25, 0.3) is 0 Å². The zero-order valence-electron chi connectivity index (χ0n) is 10.4. The summed E-state index contributed by atoms with van der Waals surface area (Å²) in [4.78, 5) is 28.6. The third-order valence-corrected chi connectivity index (χ3v) is 2.64. The molecule has 4 N–H and O–H groups in total. The molecule has 0 bridgehead atoms. The van der Waals surface area contributed by atoms with E-state index in [0.717, 1.165) is 5.56 Å². The Hall–Kier alpha value is -1.40. The van der Waals surface area contributed by atoms with E-state index in [1.807, 2.05) is 0 Å². The summed E-state index contributed by atoms with van der Waals surface area (Å²) in [6, 6.07) is 5.17. The van der Waals surface area contributed by atoms with Crippen molar-refractivity contribution in [3.8, 4) is 5.75 Å². The van der Waals surface area contributed by atoms with Gasteiger partial charge in [0.05, 0.1) is 6.61 Å². The average molecular weight is 289 g/mol. The molecule has 7 nitrogen and oxygen atoms in total. The van der Waals surface area contributed by atoms with Gasteiger partial charge < -0.3 is 15.0 Å². The Kier molecular flexibility index (Phi) is 5.50. The van der Waals surface area contributed by atoms with Crippen LogP contribution in [0.1, 0.15) is 12.5 Å². The van der Waals surface area contributed by atoms with Crippen LogP contribution < -0.4 is 10.3 Å². The van der Waals surface area contributed by atoms with E-state index < -0.39 is 19.8 Å². The van der Waals surface area contributed by atoms with E-state index >= 15 is 0 Å². The lowest BCUT2D eigenvalue weighted by molar-refractivity contribution is -0.144. The highest BCUT2D eigenvalue weighted by Crippen LogP contribution is 2.37. The maximum atomic E-state index is 11.3. The average Bonchev–Trinajstić information content (AvgIpc) is 2.30. The van der Waals surface area contributed by atoms with E-state index in [0.29, 0.717) is 0 Å². The van der Waals surface area contributed by atoms with Crippen molar-refractivity contribution >= 4 is 13.8 Å². The summed E-state index contributed by atoms with van der Waals surface area (Å²) in [5.41, 5.74) is 6.38. The lowest BCUT2D eigenvalue weighted by Gasteiger charge is -2.11. The van der Waals surface area contributed by atoms with E-state index in [1.54, 1.807) is 19.1 Å². The summed E-state index contributed by atoms with van der Waals surface area (Å²) >= 11 is 0. The van der Waals surface area contributed by atoms with Crippen molar-refractivity contribution in [2.75, 3.05) is 6.61 Å². The molecule has 1 rings (SSSR count). The van der Waals surface area contributed by atoms with Crippen LogP contribution in [0.4, 0.5) is 0 Å². The summed E-state index contributed by atoms with van der Waals surface area (Å²) in [5.74, 6) is -0.445. The summed E-state index contributed by atoms with van der Waals surface area (Å²) in [5, 5.41) is 0. The second-order valence-electron chi connectivity index (χ2n) is 3.79. The number of phosphoric ester groups is 1. The summed E-state index contributed by atoms with van der Waals surface area (Å²) in [6.45, 7) is 1.96. The summed E-state index contributed by atoms with van der Waals surface area (Å²) in [7, 11) is -4.55. The monoisotopic (exact) mass is 289 g/mol. The van der Waals surface area contributed by atoms with Gasteiger partial charge in [0, 0.05) is 0 Å². The Bertz CT molecular complexity index is 469. The molecule has 1 unspecified atom stereocenters. The molecule has 0 radical (unpaired) electrons. The third kappa shape index (κ3) is 5.85. The van der Waals surface area contributed by atoms with E-state index in [-0.39, 0.29) is 18.8 Å². The molecule has 0 saturated carbocycles. The quantitative estimate of drug-likeness (QED) is 0.518. The minimum absolute atomic E-state index is 0.0433. The van der Waals surface area contributed by atoms with Crippen molar-refractivity contribution in [1.29, 1.82) is 0 Å². The number of ether oxygens (including phenoxy) is 1. The smallest absolute Gasteiger partial charge is 0.465 e. The number of hydrogen-bond donors (Lipinski definition) is 3. The number of nitrogens with two attached hydrogens (primary N) is 1. The van der Waals surface area contributed by atoms with Crippen molar-refractivity contribution in [1.82, 2.24) is 0 Å². The van der Waals surface area contributed by atoms with Crippen molar-refractivity contribution in [2.45, 2.75) is 19.4 Å². The minimum Gasteiger partial charge on any atom is -0.465 e. The number of rotatable bonds is 6. The molecule has 0 saturated heterocycles. The maximum absolute atomic E-state index is 11.3. The molecule has 0 fully saturated rings. The molecular weight excluding hydrogens is 273 g/mol. The number of phosphoric acid groups is 1. The molecule has 0 aliphatic rings. The van der Waals surface area contributed by atoms with E-state index in [1.165, 1.54) is 12.1 Å². The summed E-state index contributed by atoms with van der Waals surface area (Å²) < 4.78 is 19.8. The van der Waals surface area contributed by atoms with Gasteiger partial charge >= 0.3 is 13.8 Å². The van der Waals surface area contributed by atoms with Crippen molar-refractivity contribution in [2.24, 2.45) is 5.73 Å². The molecule has 0 aliphatic carbocycles. The first-order chi connectivity index (χ1) is 8.81. The van der Waals surface area contributed by atoms with Gasteiger partial charge in [-0.15, -0.1) is 0 Å². The topological polar surface area (TPSA) is 119 Å². The number of benzene rings is 1. The van der Waals surface area contributed by atoms with E-state index in [4.69, 9.17) is 20.3 Å². The zero-order valence-corrected chi connectivity index (χ0v) is 11.2. The van der Waals surface area contributed by atoms with Gasteiger partial charge in [0.1, 0.15) is 11.8 Å². The molecule has 1 aromatic rings. The molecule has 1 atom stereocenters. The van der Waals surface area contributed by atoms with Crippen LogP contribution in [0.2, 0.25) is 0 Å². The molecule has 0 aromatic heterocycles. The number of hydrogen-bond acceptors (Lipinski definition) is 5. The molecule has 19 heavy (non-hydrogen) atoms. The molecule has 0 spiro atoms. The zero-order chi connectivity index (χ0) is 14.5. The fourth-order valence-electron chi connectivity index (χ4n) is 1.41. The number of carbonyl (C=O) groups excluding carboxylic acids is 1. The predicted octanol–water partition coefficient (Wildman–Crippen LogP) is 0.591. The Morgan fingerprint density at radius 1 is 1.37 bits per heavy atom. The molecule has 8 heteroatoms. The van der Waals surface area contributed by atoms with E-state index in [2.05, 4.69) is 4.52 Å². The van der Waals surface area contributed by atoms with Crippen LogP contribution in [0.15, 0.2) is 24.3 Å². The first-order valence-electron chi connectivity index (χ1n) is 5.58. The van der Waals surface area contributed by atoms with Gasteiger partial charge in [-0.2, -0.15) is 0 Å². The van der Waals surface area contributed by atoms with Crippen LogP contribution in [0.5, 0.6) is 5.75 Å². The van der Waals surface area contributed by atoms with Gasteiger partial charge in [-0.3, -0.25) is 14.6 Å². The Labute approximate surface area is 110 Å². The highest BCUT2D eigenvalue weighted by Gasteiger charge is 2.17. The molecule has 0 aliphatic heterocycles. The van der Waals surface area contributed by atoms with Gasteiger partial charge in [-0.1, -0.05) is 12.1 Å². The second kappa shape index (κ2) is 6.68. The van der Waals surface area contributed by atoms with Crippen molar-refractivity contribution < 1.29 is 28.4 Å². The van der Waals surface area contributed by atoms with Crippen LogP contribution in [-0.2, 0) is 20.5 Å². The number of esters is 1. The molecular formula is C11H16NO6P. The van der Waals surface area contributed by atoms with Crippen LogP contribution in [0.25, 0.3) is 0 Å². The van der Waals surface area contributed by atoms with Crippen molar-refractivity contribution in [3.05, 3.63) is 29.8 Å². The second-order valence-corrected chi connectivity index (χ2v) is 4.95. The summed E-state index contributed by atoms with van der Waals surface area (Å²) in [6.07, 6.45) is 0.273. The highest BCUT2D eigenvalue weighted by molar-refractivity contribution is 7.46. The van der Waals surface area contributed by atoms with Crippen LogP contribution >= 0.6 is 7.82 Å². The first kappa shape index (κ1) is 15.7. The third-order valence-electron chi connectivity index (χ3n) is 2.19. The standard InChI is InChI=1S/C11H16NO6P/c1-2-17-11(13)10(12)7-8-3-5-9(6-4-8)18-19(14,15)16/h3-6,10H,2,7,12H2,1H3,(H2,14,15,16). The lowest BCUT2D eigenvalue weighted by Crippen LogP contribution is -2.34. The first-order valence-corrected chi connectivity index (χ1v) is 7.11. The fraction of sp³-hybridized carbons (Fsp3) is 0.364. The SMILES string of the molecule is CCOC(=O)C(N)Cc1ccc(OP(=O)(O)O)cc1. The van der Waals surface area contributed by atoms with Crippen LogP contribution in [0, 0.1) is 0 Å². The Morgan fingerprint density at radius 2 is 1.95 bits per heavy atom. The number of carbonyl (C=O) groups is 1. The predicted molar refractivity (Wildman–Crippen MR) is 67.4 cm³/mol. The molecule has 0 heterocycles. The Morgan fingerprint density at radius 3 is 2.42 bits per heavy atom. The van der Waals surface area contributed by atoms with Gasteiger partial charge in [0.2, 0.25) is 0 Å². The van der Waals surface area contributed by atoms with Gasteiger partial charge in [-0.05, 0) is 31.0 Å². The van der Waals surface area contributed by atoms with Crippen molar-refractivity contribution in [3.63, 3.8) is 0 Å². The van der Waals surface area contributed by atoms with E-state index in [9.17, 15) is 9.36 Å².